The number of amides is 1. The molecule has 31 heavy (non-hydrogen) atoms. The van der Waals surface area contributed by atoms with Crippen LogP contribution in [0.25, 0.3) is 10.2 Å². The summed E-state index contributed by atoms with van der Waals surface area (Å²) in [7, 11) is 1.45. The summed E-state index contributed by atoms with van der Waals surface area (Å²) >= 11 is 0.900. The highest BCUT2D eigenvalue weighted by molar-refractivity contribution is 7.17. The lowest BCUT2D eigenvalue weighted by molar-refractivity contribution is -0.136. The van der Waals surface area contributed by atoms with Crippen LogP contribution < -0.4 is 10.2 Å². The summed E-state index contributed by atoms with van der Waals surface area (Å²) in [5.41, 5.74) is -0.463. The van der Waals surface area contributed by atoms with Crippen LogP contribution in [0, 0.1) is 0 Å². The number of nitrogens with zero attached hydrogens (tertiary/aromatic N) is 3. The zero-order valence-electron chi connectivity index (χ0n) is 17.8. The molecule has 2 fully saturated rings. The topological polar surface area (TPSA) is 57.7 Å². The first-order chi connectivity index (χ1) is 14.7. The maximum absolute atomic E-state index is 13.8. The Morgan fingerprint density at radius 3 is 2.55 bits per heavy atom. The predicted octanol–water partition coefficient (Wildman–Crippen LogP) is 3.75. The van der Waals surface area contributed by atoms with Crippen LogP contribution in [0.4, 0.5) is 19.0 Å². The fourth-order valence-corrected chi connectivity index (χ4v) is 5.23. The molecule has 4 rings (SSSR count). The number of halogens is 3. The fourth-order valence-electron chi connectivity index (χ4n) is 4.21. The van der Waals surface area contributed by atoms with E-state index in [4.69, 9.17) is 4.74 Å². The van der Waals surface area contributed by atoms with E-state index in [-0.39, 0.29) is 33.7 Å². The number of fused-ring (bicyclic) bond motifs is 1. The van der Waals surface area contributed by atoms with Crippen LogP contribution in [0.1, 0.15) is 42.6 Å². The molecule has 1 aliphatic carbocycles. The van der Waals surface area contributed by atoms with Crippen molar-refractivity contribution in [3.63, 3.8) is 0 Å². The molecule has 0 spiro atoms. The lowest BCUT2D eigenvalue weighted by Crippen LogP contribution is -2.57. The Labute approximate surface area is 183 Å². The minimum absolute atomic E-state index is 0.00759. The number of carbonyl (C=O) groups excluding carboxylic acids is 1. The van der Waals surface area contributed by atoms with E-state index in [2.05, 4.69) is 29.0 Å². The summed E-state index contributed by atoms with van der Waals surface area (Å²) < 4.78 is 47.2. The van der Waals surface area contributed by atoms with Gasteiger partial charge in [-0.3, -0.25) is 9.69 Å². The fraction of sp³-hybridized carbons (Fsp3) is 0.619. The molecule has 1 N–H and O–H groups in total. The minimum Gasteiger partial charge on any atom is -0.377 e. The summed E-state index contributed by atoms with van der Waals surface area (Å²) in [5.74, 6) is -0.179. The Morgan fingerprint density at radius 2 is 1.97 bits per heavy atom. The molecule has 2 aliphatic rings. The highest BCUT2D eigenvalue weighted by Gasteiger charge is 2.37. The molecule has 2 unspecified atom stereocenters. The minimum atomic E-state index is -4.53. The van der Waals surface area contributed by atoms with Gasteiger partial charge in [-0.15, -0.1) is 11.3 Å². The number of rotatable bonds is 6. The van der Waals surface area contributed by atoms with Crippen molar-refractivity contribution >= 4 is 33.3 Å². The molecular weight excluding hydrogens is 429 g/mol. The molecule has 0 bridgehead atoms. The van der Waals surface area contributed by atoms with E-state index >= 15 is 0 Å². The largest absolute Gasteiger partial charge is 0.417 e. The van der Waals surface area contributed by atoms with E-state index in [1.165, 1.54) is 12.4 Å². The Hall–Kier alpha value is -1.91. The summed E-state index contributed by atoms with van der Waals surface area (Å²) in [6.45, 7) is 6.74. The van der Waals surface area contributed by atoms with Gasteiger partial charge in [0.05, 0.1) is 34.1 Å². The maximum atomic E-state index is 13.8. The number of hydrogen-bond donors (Lipinski definition) is 1. The van der Waals surface area contributed by atoms with Gasteiger partial charge in [-0.2, -0.15) is 13.2 Å². The zero-order chi connectivity index (χ0) is 22.3. The number of anilines is 1. The van der Waals surface area contributed by atoms with Crippen molar-refractivity contribution < 1.29 is 22.7 Å². The number of pyridine rings is 1. The van der Waals surface area contributed by atoms with E-state index in [0.717, 1.165) is 36.8 Å². The second-order valence-electron chi connectivity index (χ2n) is 8.34. The standard InChI is InChI=1S/C21H27F3N4O2S/c1-12-9-27(10-13(2)28(12)6-7-30-14-4-5-14)17-8-16(21(22,23)24)19-18(26-17)15(11-31-19)20(29)25-3/h8,11-14H,4-7,9-10H2,1-3H3,(H,25,29). The first-order valence-corrected chi connectivity index (χ1v) is 11.4. The molecular formula is C21H27F3N4O2S. The van der Waals surface area contributed by atoms with Crippen molar-refractivity contribution in [3.05, 3.63) is 22.6 Å². The van der Waals surface area contributed by atoms with Gasteiger partial charge in [0.25, 0.3) is 5.91 Å². The average Bonchev–Trinajstić information content (AvgIpc) is 3.44. The second kappa shape index (κ2) is 8.55. The normalized spacial score (nSPS) is 22.8. The van der Waals surface area contributed by atoms with Crippen LogP contribution in [0.5, 0.6) is 0 Å². The van der Waals surface area contributed by atoms with Gasteiger partial charge in [-0.05, 0) is 32.8 Å². The van der Waals surface area contributed by atoms with Gasteiger partial charge in [0.1, 0.15) is 5.82 Å². The number of aromatic nitrogens is 1. The molecule has 2 aromatic rings. The number of thiophene rings is 1. The lowest BCUT2D eigenvalue weighted by Gasteiger charge is -2.45. The third kappa shape index (κ3) is 4.65. The number of carbonyl (C=O) groups is 1. The molecule has 10 heteroatoms. The molecule has 1 amide bonds. The number of ether oxygens (including phenoxy) is 1. The van der Waals surface area contributed by atoms with E-state index in [0.29, 0.717) is 25.8 Å². The van der Waals surface area contributed by atoms with Crippen molar-refractivity contribution in [2.45, 2.75) is 51.1 Å². The van der Waals surface area contributed by atoms with Crippen molar-refractivity contribution in [1.29, 1.82) is 0 Å². The maximum Gasteiger partial charge on any atom is 0.417 e. The first-order valence-electron chi connectivity index (χ1n) is 10.5. The third-order valence-electron chi connectivity index (χ3n) is 5.94. The molecule has 2 aromatic heterocycles. The van der Waals surface area contributed by atoms with E-state index in [9.17, 15) is 18.0 Å². The van der Waals surface area contributed by atoms with Crippen LogP contribution >= 0.6 is 11.3 Å². The Kier molecular flexibility index (Phi) is 6.15. The Morgan fingerprint density at radius 1 is 1.29 bits per heavy atom. The SMILES string of the molecule is CNC(=O)c1csc2c(C(F)(F)F)cc(N3CC(C)N(CCOC4CC4)C(C)C3)nc12. The van der Waals surface area contributed by atoms with Crippen molar-refractivity contribution in [2.75, 3.05) is 38.2 Å². The summed E-state index contributed by atoms with van der Waals surface area (Å²) in [5, 5.41) is 3.93. The highest BCUT2D eigenvalue weighted by Crippen LogP contribution is 2.40. The predicted molar refractivity (Wildman–Crippen MR) is 115 cm³/mol. The van der Waals surface area contributed by atoms with E-state index < -0.39 is 17.6 Å². The molecule has 1 saturated heterocycles. The molecule has 1 saturated carbocycles. The van der Waals surface area contributed by atoms with Crippen LogP contribution in [-0.4, -0.2) is 67.3 Å². The van der Waals surface area contributed by atoms with Gasteiger partial charge in [0.2, 0.25) is 0 Å². The van der Waals surface area contributed by atoms with Gasteiger partial charge in [-0.25, -0.2) is 4.98 Å². The van der Waals surface area contributed by atoms with Gasteiger partial charge < -0.3 is 15.0 Å². The second-order valence-corrected chi connectivity index (χ2v) is 9.22. The average molecular weight is 457 g/mol. The zero-order valence-corrected chi connectivity index (χ0v) is 18.6. The van der Waals surface area contributed by atoms with Gasteiger partial charge in [0, 0.05) is 44.1 Å². The van der Waals surface area contributed by atoms with Crippen molar-refractivity contribution in [3.8, 4) is 0 Å². The number of alkyl halides is 3. The van der Waals surface area contributed by atoms with E-state index in [1.807, 2.05) is 4.90 Å². The number of nitrogens with one attached hydrogen (secondary N) is 1. The lowest BCUT2D eigenvalue weighted by atomic mass is 10.1. The van der Waals surface area contributed by atoms with Crippen LogP contribution in [0.15, 0.2) is 11.4 Å². The van der Waals surface area contributed by atoms with Gasteiger partial charge in [-0.1, -0.05) is 0 Å². The summed E-state index contributed by atoms with van der Waals surface area (Å²) in [4.78, 5) is 20.9. The van der Waals surface area contributed by atoms with Crippen molar-refractivity contribution in [2.24, 2.45) is 0 Å². The monoisotopic (exact) mass is 456 g/mol. The third-order valence-corrected chi connectivity index (χ3v) is 6.94. The van der Waals surface area contributed by atoms with Crippen LogP contribution in [-0.2, 0) is 10.9 Å². The Bertz CT molecular complexity index is 948. The van der Waals surface area contributed by atoms with Crippen LogP contribution in [0.2, 0.25) is 0 Å². The molecule has 6 nitrogen and oxygen atoms in total. The van der Waals surface area contributed by atoms with Crippen LogP contribution in [0.3, 0.4) is 0 Å². The molecule has 1 aliphatic heterocycles. The quantitative estimate of drug-likeness (QED) is 0.718. The molecule has 3 heterocycles. The molecule has 170 valence electrons. The smallest absolute Gasteiger partial charge is 0.377 e. The summed E-state index contributed by atoms with van der Waals surface area (Å²) in [6, 6.07) is 1.40. The van der Waals surface area contributed by atoms with E-state index in [1.54, 1.807) is 0 Å². The van der Waals surface area contributed by atoms with Gasteiger partial charge >= 0.3 is 6.18 Å². The number of piperazine rings is 1. The summed E-state index contributed by atoms with van der Waals surface area (Å²) in [6.07, 6.45) is -1.85. The molecule has 0 radical (unpaired) electrons. The van der Waals surface area contributed by atoms with Crippen molar-refractivity contribution in [1.82, 2.24) is 15.2 Å². The number of hydrogen-bond acceptors (Lipinski definition) is 6. The first kappa shape index (κ1) is 22.3. The van der Waals surface area contributed by atoms with Gasteiger partial charge in [0.15, 0.2) is 0 Å². The highest BCUT2D eigenvalue weighted by atomic mass is 32.1. The molecule has 0 aromatic carbocycles. The molecule has 2 atom stereocenters. The Balaban J connectivity index is 1.61.